The number of carbonyl (C=O) groups is 1. The molecule has 0 fully saturated rings. The number of sulfone groups is 1. The van der Waals surface area contributed by atoms with Crippen molar-refractivity contribution in [2.75, 3.05) is 29.2 Å². The highest BCUT2D eigenvalue weighted by molar-refractivity contribution is 8.01. The zero-order valence-corrected chi connectivity index (χ0v) is 15.0. The predicted octanol–water partition coefficient (Wildman–Crippen LogP) is 2.10. The third-order valence-electron chi connectivity index (χ3n) is 2.62. The van der Waals surface area contributed by atoms with Crippen molar-refractivity contribution in [2.45, 2.75) is 16.2 Å². The molecule has 10 heteroatoms. The second kappa shape index (κ2) is 7.75. The van der Waals surface area contributed by atoms with Gasteiger partial charge >= 0.3 is 0 Å². The Hall–Kier alpha value is -1.65. The Balaban J connectivity index is 1.97. The summed E-state index contributed by atoms with van der Waals surface area (Å²) in [7, 11) is -3.40. The maximum Gasteiger partial charge on any atom is 0.234 e. The van der Waals surface area contributed by atoms with Gasteiger partial charge in [0.1, 0.15) is 0 Å². The Kier molecular flexibility index (Phi) is 5.97. The van der Waals surface area contributed by atoms with Crippen LogP contribution >= 0.6 is 23.1 Å². The van der Waals surface area contributed by atoms with Crippen molar-refractivity contribution < 1.29 is 13.2 Å². The van der Waals surface area contributed by atoms with Crippen molar-refractivity contribution in [3.63, 3.8) is 0 Å². The number of nitrogens with one attached hydrogen (secondary N) is 2. The van der Waals surface area contributed by atoms with Crippen molar-refractivity contribution in [3.05, 3.63) is 24.3 Å². The second-order valence-corrected chi connectivity index (χ2v) is 8.69. The molecular weight excluding hydrogens is 356 g/mol. The van der Waals surface area contributed by atoms with E-state index in [-0.39, 0.29) is 22.2 Å². The van der Waals surface area contributed by atoms with E-state index in [1.54, 1.807) is 18.2 Å². The average Bonchev–Trinajstić information content (AvgIpc) is 2.93. The number of anilines is 2. The van der Waals surface area contributed by atoms with Gasteiger partial charge in [0.25, 0.3) is 0 Å². The first-order valence-corrected chi connectivity index (χ1v) is 10.4. The normalized spacial score (nSPS) is 11.2. The van der Waals surface area contributed by atoms with Crippen LogP contribution in [0.1, 0.15) is 6.92 Å². The monoisotopic (exact) mass is 372 g/mol. The topological polar surface area (TPSA) is 101 Å². The summed E-state index contributed by atoms with van der Waals surface area (Å²) < 4.78 is 24.1. The van der Waals surface area contributed by atoms with Gasteiger partial charge in [-0.1, -0.05) is 35.2 Å². The lowest BCUT2D eigenvalue weighted by Crippen LogP contribution is -2.16. The highest BCUT2D eigenvalue weighted by Gasteiger charge is 2.15. The summed E-state index contributed by atoms with van der Waals surface area (Å²) in [6.07, 6.45) is 1.11. The van der Waals surface area contributed by atoms with E-state index in [9.17, 15) is 13.2 Å². The van der Waals surface area contributed by atoms with Crippen molar-refractivity contribution in [1.29, 1.82) is 0 Å². The van der Waals surface area contributed by atoms with Crippen LogP contribution in [0.2, 0.25) is 0 Å². The largest absolute Gasteiger partial charge is 0.360 e. The van der Waals surface area contributed by atoms with Crippen LogP contribution in [-0.2, 0) is 14.6 Å². The second-order valence-electron chi connectivity index (χ2n) is 4.51. The van der Waals surface area contributed by atoms with E-state index in [0.717, 1.165) is 12.8 Å². The van der Waals surface area contributed by atoms with Gasteiger partial charge in [0.05, 0.1) is 16.3 Å². The van der Waals surface area contributed by atoms with Crippen LogP contribution in [0, 0.1) is 0 Å². The van der Waals surface area contributed by atoms with Gasteiger partial charge in [0.2, 0.25) is 11.0 Å². The summed E-state index contributed by atoms with van der Waals surface area (Å²) in [5.74, 6) is -0.176. The summed E-state index contributed by atoms with van der Waals surface area (Å²) in [6, 6.07) is 6.31. The van der Waals surface area contributed by atoms with Crippen molar-refractivity contribution in [3.8, 4) is 0 Å². The quantitative estimate of drug-likeness (QED) is 0.718. The van der Waals surface area contributed by atoms with E-state index >= 15 is 0 Å². The predicted molar refractivity (Wildman–Crippen MR) is 93.0 cm³/mol. The van der Waals surface area contributed by atoms with Crippen molar-refractivity contribution >= 4 is 49.7 Å². The van der Waals surface area contributed by atoms with Gasteiger partial charge in [-0.3, -0.25) is 4.79 Å². The lowest BCUT2D eigenvalue weighted by molar-refractivity contribution is -0.113. The summed E-state index contributed by atoms with van der Waals surface area (Å²) in [5, 5.41) is 14.3. The number of benzene rings is 1. The zero-order chi connectivity index (χ0) is 16.9. The summed E-state index contributed by atoms with van der Waals surface area (Å²) in [5.41, 5.74) is 0.284. The van der Waals surface area contributed by atoms with E-state index in [0.29, 0.717) is 9.47 Å². The van der Waals surface area contributed by atoms with Crippen molar-refractivity contribution in [2.24, 2.45) is 0 Å². The molecule has 0 aliphatic carbocycles. The minimum atomic E-state index is -3.40. The third kappa shape index (κ3) is 5.19. The first-order valence-electron chi connectivity index (χ1n) is 6.69. The van der Waals surface area contributed by atoms with Gasteiger partial charge in [-0.15, -0.1) is 10.2 Å². The van der Waals surface area contributed by atoms with E-state index < -0.39 is 9.84 Å². The van der Waals surface area contributed by atoms with Crippen molar-refractivity contribution in [1.82, 2.24) is 10.2 Å². The fourth-order valence-electron chi connectivity index (χ4n) is 1.70. The smallest absolute Gasteiger partial charge is 0.234 e. The molecule has 2 rings (SSSR count). The standard InChI is InChI=1S/C13H16N4O3S3/c1-3-14-12-16-17-13(22-12)21-8-11(18)15-9-6-4-5-7-10(9)23(2,19)20/h4-7H,3,8H2,1-2H3,(H,14,16)(H,15,18). The zero-order valence-electron chi connectivity index (χ0n) is 12.6. The van der Waals surface area contributed by atoms with Crippen LogP contribution in [-0.4, -0.2) is 43.1 Å². The Morgan fingerprint density at radius 2 is 2.04 bits per heavy atom. The van der Waals surface area contributed by atoms with E-state index in [2.05, 4.69) is 20.8 Å². The Bertz CT molecular complexity index is 789. The maximum absolute atomic E-state index is 12.0. The number of hydrogen-bond acceptors (Lipinski definition) is 8. The molecule has 0 spiro atoms. The molecule has 1 aromatic heterocycles. The molecule has 1 aromatic carbocycles. The van der Waals surface area contributed by atoms with Gasteiger partial charge in [0.15, 0.2) is 14.2 Å². The molecule has 0 radical (unpaired) electrons. The molecule has 2 aromatic rings. The van der Waals surface area contributed by atoms with Crippen LogP contribution in [0.3, 0.4) is 0 Å². The molecule has 0 saturated heterocycles. The Labute approximate surface area is 142 Å². The van der Waals surface area contributed by atoms with Crippen LogP contribution in [0.5, 0.6) is 0 Å². The fourth-order valence-corrected chi connectivity index (χ4v) is 4.16. The lowest BCUT2D eigenvalue weighted by Gasteiger charge is -2.08. The minimum Gasteiger partial charge on any atom is -0.360 e. The number of nitrogens with zero attached hydrogens (tertiary/aromatic N) is 2. The summed E-state index contributed by atoms with van der Waals surface area (Å²) in [6.45, 7) is 2.71. The van der Waals surface area contributed by atoms with Gasteiger partial charge in [-0.05, 0) is 19.1 Å². The van der Waals surface area contributed by atoms with Gasteiger partial charge in [0, 0.05) is 12.8 Å². The first-order chi connectivity index (χ1) is 10.9. The molecule has 7 nitrogen and oxygen atoms in total. The number of hydrogen-bond donors (Lipinski definition) is 2. The molecule has 0 bridgehead atoms. The van der Waals surface area contributed by atoms with Crippen LogP contribution in [0.15, 0.2) is 33.5 Å². The summed E-state index contributed by atoms with van der Waals surface area (Å²) >= 11 is 2.62. The number of aromatic nitrogens is 2. The molecule has 0 saturated carbocycles. The number of para-hydroxylation sites is 1. The van der Waals surface area contributed by atoms with Crippen LogP contribution in [0.25, 0.3) is 0 Å². The molecule has 1 amide bonds. The molecule has 0 atom stereocenters. The molecule has 0 aliphatic heterocycles. The highest BCUT2D eigenvalue weighted by Crippen LogP contribution is 2.26. The number of thioether (sulfide) groups is 1. The molecule has 1 heterocycles. The van der Waals surface area contributed by atoms with E-state index in [1.807, 2.05) is 6.92 Å². The minimum absolute atomic E-state index is 0.101. The molecule has 0 aliphatic rings. The maximum atomic E-state index is 12.0. The molecule has 23 heavy (non-hydrogen) atoms. The Morgan fingerprint density at radius 1 is 1.30 bits per heavy atom. The van der Waals surface area contributed by atoms with Crippen LogP contribution < -0.4 is 10.6 Å². The Morgan fingerprint density at radius 3 is 2.74 bits per heavy atom. The number of carbonyl (C=O) groups excluding carboxylic acids is 1. The molecule has 2 N–H and O–H groups in total. The van der Waals surface area contributed by atoms with E-state index in [4.69, 9.17) is 0 Å². The summed E-state index contributed by atoms with van der Waals surface area (Å²) in [4.78, 5) is 12.1. The SMILES string of the molecule is CCNc1nnc(SCC(=O)Nc2ccccc2S(C)(=O)=O)s1. The fraction of sp³-hybridized carbons (Fsp3) is 0.308. The third-order valence-corrected chi connectivity index (χ3v) is 5.79. The molecule has 124 valence electrons. The van der Waals surface area contributed by atoms with Gasteiger partial charge in [-0.2, -0.15) is 0 Å². The first kappa shape index (κ1) is 17.7. The number of amides is 1. The molecule has 0 unspecified atom stereocenters. The van der Waals surface area contributed by atoms with Gasteiger partial charge < -0.3 is 10.6 Å². The van der Waals surface area contributed by atoms with Crippen LogP contribution in [0.4, 0.5) is 10.8 Å². The average molecular weight is 372 g/mol. The number of rotatable bonds is 7. The highest BCUT2D eigenvalue weighted by atomic mass is 32.2. The lowest BCUT2D eigenvalue weighted by atomic mass is 10.3. The van der Waals surface area contributed by atoms with E-state index in [1.165, 1.54) is 29.2 Å². The van der Waals surface area contributed by atoms with Gasteiger partial charge in [-0.25, -0.2) is 8.42 Å². The molecular formula is C13H16N4O3S3.